The topological polar surface area (TPSA) is 20.2 Å². The fourth-order valence-electron chi connectivity index (χ4n) is 5.42. The first kappa shape index (κ1) is 22.1. The highest BCUT2D eigenvalue weighted by Gasteiger charge is 2.33. The minimum absolute atomic E-state index is 0.267. The molecular weight excluding hydrogens is 352 g/mol. The number of benzene rings is 1. The largest absolute Gasteiger partial charge is 0.396 e. The number of allylic oxidation sites excluding steroid dienone is 4. The lowest BCUT2D eigenvalue weighted by atomic mass is 9.72. The first-order valence-corrected chi connectivity index (χ1v) is 11.5. The normalized spacial score (nSPS) is 25.3. The van der Waals surface area contributed by atoms with Crippen LogP contribution in [-0.2, 0) is 0 Å². The van der Waals surface area contributed by atoms with E-state index in [0.717, 1.165) is 32.1 Å². The quantitative estimate of drug-likeness (QED) is 0.496. The highest BCUT2D eigenvalue weighted by atomic mass is 16.3. The molecule has 1 aromatic carbocycles. The molecule has 1 aromatic rings. The molecule has 1 heteroatoms. The van der Waals surface area contributed by atoms with Crippen LogP contribution >= 0.6 is 0 Å². The molecule has 1 saturated carbocycles. The number of aryl methyl sites for hydroxylation is 1. The number of rotatable bonds is 6. The number of aliphatic hydroxyl groups is 1. The molecule has 2 aliphatic rings. The van der Waals surface area contributed by atoms with Gasteiger partial charge in [0, 0.05) is 6.61 Å². The molecule has 0 bridgehead atoms. The van der Waals surface area contributed by atoms with Crippen LogP contribution in [0.2, 0.25) is 0 Å². The van der Waals surface area contributed by atoms with Crippen LogP contribution in [0, 0.1) is 24.2 Å². The Morgan fingerprint density at radius 2 is 1.69 bits per heavy atom. The molecule has 158 valence electrons. The summed E-state index contributed by atoms with van der Waals surface area (Å²) in [5, 5.41) is 9.89. The van der Waals surface area contributed by atoms with Crippen molar-refractivity contribution < 1.29 is 5.11 Å². The summed E-state index contributed by atoms with van der Waals surface area (Å²) in [7, 11) is 0. The molecule has 2 aliphatic carbocycles. The minimum atomic E-state index is 0.267. The molecule has 0 heterocycles. The molecule has 0 aromatic heterocycles. The third-order valence-electron chi connectivity index (χ3n) is 7.01. The second-order valence-electron chi connectivity index (χ2n) is 10.7. The zero-order valence-corrected chi connectivity index (χ0v) is 19.1. The molecule has 0 saturated heterocycles. The molecule has 0 aliphatic heterocycles. The fraction of sp³-hybridized carbons (Fsp3) is 0.571. The van der Waals surface area contributed by atoms with Crippen LogP contribution < -0.4 is 0 Å². The summed E-state index contributed by atoms with van der Waals surface area (Å²) in [5.74, 6) is 1.30. The third kappa shape index (κ3) is 5.31. The van der Waals surface area contributed by atoms with Gasteiger partial charge in [-0.05, 0) is 84.5 Å². The lowest BCUT2D eigenvalue weighted by Crippen LogP contribution is -2.25. The van der Waals surface area contributed by atoms with Gasteiger partial charge in [0.1, 0.15) is 0 Å². The molecule has 3 rings (SSSR count). The third-order valence-corrected chi connectivity index (χ3v) is 7.01. The standard InChI is InChI=1S/C28H40O/c1-19-11-13-22(14-12-19)24-15-25(17-28(4,5)6)27(16-24)21(3)20(2)26-10-8-7-9-23(26)18-29/h11-14,23-24,26,29H,2-3,7-10,15-18H2,1,4-6H3. The minimum Gasteiger partial charge on any atom is -0.396 e. The van der Waals surface area contributed by atoms with E-state index in [4.69, 9.17) is 0 Å². The highest BCUT2D eigenvalue weighted by Crippen LogP contribution is 2.48. The van der Waals surface area contributed by atoms with Gasteiger partial charge in [0.25, 0.3) is 0 Å². The summed E-state index contributed by atoms with van der Waals surface area (Å²) in [5.41, 5.74) is 8.42. The molecule has 0 spiro atoms. The van der Waals surface area contributed by atoms with Gasteiger partial charge in [-0.15, -0.1) is 0 Å². The Balaban J connectivity index is 1.85. The molecule has 1 N–H and O–H groups in total. The van der Waals surface area contributed by atoms with E-state index in [-0.39, 0.29) is 12.0 Å². The van der Waals surface area contributed by atoms with E-state index in [1.807, 2.05) is 0 Å². The van der Waals surface area contributed by atoms with Crippen LogP contribution in [0.25, 0.3) is 0 Å². The van der Waals surface area contributed by atoms with Crippen molar-refractivity contribution in [2.24, 2.45) is 17.3 Å². The fourth-order valence-corrected chi connectivity index (χ4v) is 5.42. The van der Waals surface area contributed by atoms with E-state index in [9.17, 15) is 5.11 Å². The summed E-state index contributed by atoms with van der Waals surface area (Å²) in [6.07, 6.45) is 8.06. The average molecular weight is 393 g/mol. The van der Waals surface area contributed by atoms with Crippen LogP contribution in [0.1, 0.15) is 82.8 Å². The predicted molar refractivity (Wildman–Crippen MR) is 125 cm³/mol. The summed E-state index contributed by atoms with van der Waals surface area (Å²) in [4.78, 5) is 0. The number of hydrogen-bond acceptors (Lipinski definition) is 1. The first-order chi connectivity index (χ1) is 13.7. The Bertz CT molecular complexity index is 772. The van der Waals surface area contributed by atoms with E-state index >= 15 is 0 Å². The molecular formula is C28H40O. The molecule has 3 unspecified atom stereocenters. The Hall–Kier alpha value is -1.60. The Labute approximate surface area is 178 Å². The smallest absolute Gasteiger partial charge is 0.0465 e. The van der Waals surface area contributed by atoms with Gasteiger partial charge in [-0.2, -0.15) is 0 Å². The van der Waals surface area contributed by atoms with Crippen molar-refractivity contribution in [3.63, 3.8) is 0 Å². The molecule has 3 atom stereocenters. The van der Waals surface area contributed by atoms with Crippen molar-refractivity contribution in [3.8, 4) is 0 Å². The van der Waals surface area contributed by atoms with Gasteiger partial charge in [-0.1, -0.05) is 82.2 Å². The molecule has 1 nitrogen and oxygen atoms in total. The molecule has 0 radical (unpaired) electrons. The van der Waals surface area contributed by atoms with Gasteiger partial charge in [0.15, 0.2) is 0 Å². The van der Waals surface area contributed by atoms with Crippen molar-refractivity contribution in [1.29, 1.82) is 0 Å². The molecule has 1 fully saturated rings. The second-order valence-corrected chi connectivity index (χ2v) is 10.7. The Kier molecular flexibility index (Phi) is 6.89. The van der Waals surface area contributed by atoms with Crippen molar-refractivity contribution in [2.75, 3.05) is 6.61 Å². The van der Waals surface area contributed by atoms with Crippen LogP contribution in [0.5, 0.6) is 0 Å². The van der Waals surface area contributed by atoms with Crippen molar-refractivity contribution >= 4 is 0 Å². The summed E-state index contributed by atoms with van der Waals surface area (Å²) >= 11 is 0. The second kappa shape index (κ2) is 9.04. The van der Waals surface area contributed by atoms with Gasteiger partial charge in [-0.3, -0.25) is 0 Å². The van der Waals surface area contributed by atoms with Crippen LogP contribution in [-0.4, -0.2) is 11.7 Å². The zero-order chi connectivity index (χ0) is 21.2. The Morgan fingerprint density at radius 1 is 1.03 bits per heavy atom. The first-order valence-electron chi connectivity index (χ1n) is 11.5. The number of aliphatic hydroxyl groups excluding tert-OH is 1. The summed E-state index contributed by atoms with van der Waals surface area (Å²) < 4.78 is 0. The van der Waals surface area contributed by atoms with E-state index < -0.39 is 0 Å². The summed E-state index contributed by atoms with van der Waals surface area (Å²) in [6.45, 7) is 18.5. The van der Waals surface area contributed by atoms with Crippen molar-refractivity contribution in [3.05, 3.63) is 70.8 Å². The average Bonchev–Trinajstić information content (AvgIpc) is 3.09. The summed E-state index contributed by atoms with van der Waals surface area (Å²) in [6, 6.07) is 9.08. The predicted octanol–water partition coefficient (Wildman–Crippen LogP) is 7.52. The van der Waals surface area contributed by atoms with Crippen molar-refractivity contribution in [1.82, 2.24) is 0 Å². The van der Waals surface area contributed by atoms with Gasteiger partial charge >= 0.3 is 0 Å². The lowest BCUT2D eigenvalue weighted by Gasteiger charge is -2.33. The van der Waals surface area contributed by atoms with Crippen LogP contribution in [0.4, 0.5) is 0 Å². The maximum Gasteiger partial charge on any atom is 0.0465 e. The van der Waals surface area contributed by atoms with E-state index in [1.165, 1.54) is 40.7 Å². The van der Waals surface area contributed by atoms with Gasteiger partial charge in [-0.25, -0.2) is 0 Å². The van der Waals surface area contributed by atoms with E-state index in [1.54, 1.807) is 5.57 Å². The van der Waals surface area contributed by atoms with Gasteiger partial charge in [0.2, 0.25) is 0 Å². The highest BCUT2D eigenvalue weighted by molar-refractivity contribution is 5.51. The monoisotopic (exact) mass is 392 g/mol. The maximum absolute atomic E-state index is 9.89. The lowest BCUT2D eigenvalue weighted by molar-refractivity contribution is 0.153. The van der Waals surface area contributed by atoms with Crippen LogP contribution in [0.3, 0.4) is 0 Å². The van der Waals surface area contributed by atoms with Gasteiger partial charge < -0.3 is 5.11 Å². The van der Waals surface area contributed by atoms with E-state index in [2.05, 4.69) is 65.1 Å². The maximum atomic E-state index is 9.89. The SMILES string of the molecule is C=C(C(=C)C1CCCCC1CO)C1=C(CC(C)(C)C)CC(c2ccc(C)cc2)C1. The van der Waals surface area contributed by atoms with Crippen LogP contribution in [0.15, 0.2) is 59.7 Å². The van der Waals surface area contributed by atoms with Crippen molar-refractivity contribution in [2.45, 2.75) is 78.6 Å². The van der Waals surface area contributed by atoms with Gasteiger partial charge in [0.05, 0.1) is 0 Å². The van der Waals surface area contributed by atoms with E-state index in [0.29, 0.717) is 17.8 Å². The Morgan fingerprint density at radius 3 is 2.31 bits per heavy atom. The molecule has 29 heavy (non-hydrogen) atoms. The molecule has 0 amide bonds. The number of hydrogen-bond donors (Lipinski definition) is 1. The zero-order valence-electron chi connectivity index (χ0n) is 19.1.